The Morgan fingerprint density at radius 1 is 1.73 bits per heavy atom. The maximum atomic E-state index is 10.3. The van der Waals surface area contributed by atoms with Crippen LogP contribution in [0.25, 0.3) is 11.2 Å². The van der Waals surface area contributed by atoms with E-state index in [1.807, 2.05) is 0 Å². The zero-order chi connectivity index (χ0) is 7.84. The van der Waals surface area contributed by atoms with Gasteiger partial charge in [0.25, 0.3) is 0 Å². The quantitative estimate of drug-likeness (QED) is 0.634. The van der Waals surface area contributed by atoms with Gasteiger partial charge in [0.1, 0.15) is 5.52 Å². The number of carboxylic acid groups (broad SMARTS) is 1. The van der Waals surface area contributed by atoms with E-state index in [-0.39, 0.29) is 5.76 Å². The van der Waals surface area contributed by atoms with Gasteiger partial charge in [-0.15, -0.1) is 0 Å². The van der Waals surface area contributed by atoms with E-state index in [0.717, 1.165) is 0 Å². The van der Waals surface area contributed by atoms with Gasteiger partial charge in [0.2, 0.25) is 11.5 Å². The summed E-state index contributed by atoms with van der Waals surface area (Å²) in [6, 6.07) is 1.39. The van der Waals surface area contributed by atoms with Crippen LogP contribution in [0.1, 0.15) is 10.6 Å². The Labute approximate surface area is 60.7 Å². The van der Waals surface area contributed by atoms with Gasteiger partial charge in [-0.05, 0) is 0 Å². The number of nitrogens with zero attached hydrogens (tertiary/aromatic N) is 1. The van der Waals surface area contributed by atoms with Crippen LogP contribution in [0.5, 0.6) is 0 Å². The SMILES string of the molecule is O=C(O)c1cc2[nH]cnc2o1. The number of imidazole rings is 1. The summed E-state index contributed by atoms with van der Waals surface area (Å²) < 4.78 is 4.83. The predicted molar refractivity (Wildman–Crippen MR) is 35.3 cm³/mol. The lowest BCUT2D eigenvalue weighted by atomic mass is 10.4. The van der Waals surface area contributed by atoms with Gasteiger partial charge < -0.3 is 14.5 Å². The first-order valence-corrected chi connectivity index (χ1v) is 2.93. The molecule has 2 heterocycles. The minimum Gasteiger partial charge on any atom is -0.475 e. The molecule has 0 saturated heterocycles. The van der Waals surface area contributed by atoms with Crippen LogP contribution < -0.4 is 0 Å². The molecule has 0 aromatic carbocycles. The highest BCUT2D eigenvalue weighted by Crippen LogP contribution is 2.14. The van der Waals surface area contributed by atoms with Crippen molar-refractivity contribution in [1.82, 2.24) is 9.97 Å². The number of furan rings is 1. The van der Waals surface area contributed by atoms with Crippen molar-refractivity contribution in [3.8, 4) is 0 Å². The first-order valence-electron chi connectivity index (χ1n) is 2.93. The van der Waals surface area contributed by atoms with Crippen LogP contribution in [0, 0.1) is 0 Å². The number of aromatic nitrogens is 2. The summed E-state index contributed by atoms with van der Waals surface area (Å²) in [5, 5.41) is 8.47. The van der Waals surface area contributed by atoms with E-state index in [2.05, 4.69) is 9.97 Å². The van der Waals surface area contributed by atoms with Crippen molar-refractivity contribution in [3.05, 3.63) is 18.2 Å². The number of nitrogens with one attached hydrogen (secondary N) is 1. The molecule has 0 unspecified atom stereocenters. The molecule has 0 aliphatic heterocycles. The molecule has 0 atom stereocenters. The van der Waals surface area contributed by atoms with Crippen LogP contribution in [0.2, 0.25) is 0 Å². The Morgan fingerprint density at radius 3 is 3.18 bits per heavy atom. The lowest BCUT2D eigenvalue weighted by Gasteiger charge is -1.80. The molecule has 5 heteroatoms. The van der Waals surface area contributed by atoms with E-state index in [1.165, 1.54) is 12.4 Å². The minimum atomic E-state index is -1.09. The van der Waals surface area contributed by atoms with Crippen LogP contribution >= 0.6 is 0 Å². The van der Waals surface area contributed by atoms with Gasteiger partial charge in [0.15, 0.2) is 0 Å². The first kappa shape index (κ1) is 5.96. The fourth-order valence-electron chi connectivity index (χ4n) is 0.847. The molecule has 0 spiro atoms. The topological polar surface area (TPSA) is 79.1 Å². The smallest absolute Gasteiger partial charge is 0.371 e. The molecule has 0 fully saturated rings. The predicted octanol–water partition coefficient (Wildman–Crippen LogP) is 0.854. The van der Waals surface area contributed by atoms with Crippen LogP contribution in [0.15, 0.2) is 16.8 Å². The average molecular weight is 152 g/mol. The number of aromatic amines is 1. The zero-order valence-corrected chi connectivity index (χ0v) is 5.37. The molecular weight excluding hydrogens is 148 g/mol. The highest BCUT2D eigenvalue weighted by Gasteiger charge is 2.10. The van der Waals surface area contributed by atoms with Crippen molar-refractivity contribution in [2.75, 3.05) is 0 Å². The summed E-state index contributed by atoms with van der Waals surface area (Å²) in [6.45, 7) is 0. The second-order valence-electron chi connectivity index (χ2n) is 2.04. The Kier molecular flexibility index (Phi) is 1.00. The molecule has 2 aromatic rings. The van der Waals surface area contributed by atoms with E-state index in [1.54, 1.807) is 0 Å². The fourth-order valence-corrected chi connectivity index (χ4v) is 0.847. The molecule has 0 aliphatic carbocycles. The van der Waals surface area contributed by atoms with Gasteiger partial charge in [-0.1, -0.05) is 0 Å². The largest absolute Gasteiger partial charge is 0.475 e. The van der Waals surface area contributed by atoms with E-state index in [4.69, 9.17) is 9.52 Å². The van der Waals surface area contributed by atoms with Crippen LogP contribution in [-0.4, -0.2) is 21.0 Å². The minimum absolute atomic E-state index is 0.0978. The number of H-pyrrole nitrogens is 1. The van der Waals surface area contributed by atoms with E-state index < -0.39 is 5.97 Å². The molecular formula is C6H4N2O3. The number of aromatic carboxylic acids is 1. The summed E-state index contributed by atoms with van der Waals surface area (Å²) in [4.78, 5) is 16.8. The van der Waals surface area contributed by atoms with Crippen LogP contribution in [-0.2, 0) is 0 Å². The second kappa shape index (κ2) is 1.85. The summed E-state index contributed by atoms with van der Waals surface area (Å²) in [5.74, 6) is -1.18. The molecule has 11 heavy (non-hydrogen) atoms. The summed E-state index contributed by atoms with van der Waals surface area (Å²) in [6.07, 6.45) is 1.44. The lowest BCUT2D eigenvalue weighted by molar-refractivity contribution is 0.0664. The number of carbonyl (C=O) groups is 1. The van der Waals surface area contributed by atoms with E-state index in [0.29, 0.717) is 11.2 Å². The molecule has 2 rings (SSSR count). The maximum Gasteiger partial charge on any atom is 0.371 e. The van der Waals surface area contributed by atoms with Crippen molar-refractivity contribution >= 4 is 17.2 Å². The molecule has 56 valence electrons. The molecule has 0 bridgehead atoms. The first-order chi connectivity index (χ1) is 5.27. The normalized spacial score (nSPS) is 10.5. The van der Waals surface area contributed by atoms with Gasteiger partial charge in [0.05, 0.1) is 6.33 Å². The van der Waals surface area contributed by atoms with Crippen molar-refractivity contribution in [2.45, 2.75) is 0 Å². The molecule has 0 amide bonds. The van der Waals surface area contributed by atoms with Gasteiger partial charge in [-0.25, -0.2) is 9.78 Å². The fraction of sp³-hybridized carbons (Fsp3) is 0. The number of rotatable bonds is 1. The number of carboxylic acids is 1. The Morgan fingerprint density at radius 2 is 2.55 bits per heavy atom. The maximum absolute atomic E-state index is 10.3. The van der Waals surface area contributed by atoms with Gasteiger partial charge in [-0.3, -0.25) is 0 Å². The summed E-state index contributed by atoms with van der Waals surface area (Å²) in [7, 11) is 0. The molecule has 5 nitrogen and oxygen atoms in total. The number of hydrogen-bond acceptors (Lipinski definition) is 3. The summed E-state index contributed by atoms with van der Waals surface area (Å²) in [5.41, 5.74) is 0.921. The molecule has 2 aromatic heterocycles. The molecule has 0 radical (unpaired) electrons. The standard InChI is InChI=1S/C6H4N2O3/c9-6(10)4-1-3-5(11-4)8-2-7-3/h1-2H,(H,7,8)(H,9,10). The van der Waals surface area contributed by atoms with Gasteiger partial charge >= 0.3 is 5.97 Å². The van der Waals surface area contributed by atoms with Crippen molar-refractivity contribution < 1.29 is 14.3 Å². The molecule has 2 N–H and O–H groups in total. The van der Waals surface area contributed by atoms with Crippen LogP contribution in [0.4, 0.5) is 0 Å². The molecule has 0 saturated carbocycles. The van der Waals surface area contributed by atoms with E-state index in [9.17, 15) is 4.79 Å². The third kappa shape index (κ3) is 0.778. The zero-order valence-electron chi connectivity index (χ0n) is 5.37. The summed E-state index contributed by atoms with van der Waals surface area (Å²) >= 11 is 0. The third-order valence-electron chi connectivity index (χ3n) is 1.33. The van der Waals surface area contributed by atoms with E-state index >= 15 is 0 Å². The Hall–Kier alpha value is -1.78. The molecule has 0 aliphatic rings. The van der Waals surface area contributed by atoms with Crippen molar-refractivity contribution in [3.63, 3.8) is 0 Å². The number of fused-ring (bicyclic) bond motifs is 1. The number of hydrogen-bond donors (Lipinski definition) is 2. The second-order valence-corrected chi connectivity index (χ2v) is 2.04. The highest BCUT2D eigenvalue weighted by molar-refractivity contribution is 5.89. The van der Waals surface area contributed by atoms with Gasteiger partial charge in [-0.2, -0.15) is 0 Å². The monoisotopic (exact) mass is 152 g/mol. The Balaban J connectivity index is 2.67. The average Bonchev–Trinajstić information content (AvgIpc) is 2.40. The highest BCUT2D eigenvalue weighted by atomic mass is 16.4. The third-order valence-corrected chi connectivity index (χ3v) is 1.33. The van der Waals surface area contributed by atoms with Gasteiger partial charge in [0, 0.05) is 6.07 Å². The lowest BCUT2D eigenvalue weighted by Crippen LogP contribution is -1.91. The van der Waals surface area contributed by atoms with Crippen molar-refractivity contribution in [2.24, 2.45) is 0 Å². The Bertz CT molecular complexity index is 372. The van der Waals surface area contributed by atoms with Crippen LogP contribution in [0.3, 0.4) is 0 Å². The van der Waals surface area contributed by atoms with Crippen molar-refractivity contribution in [1.29, 1.82) is 0 Å².